The van der Waals surface area contributed by atoms with Gasteiger partial charge in [-0.25, -0.2) is 4.39 Å². The van der Waals surface area contributed by atoms with E-state index in [1.165, 1.54) is 18.9 Å². The summed E-state index contributed by atoms with van der Waals surface area (Å²) in [5.74, 6) is -0.177. The molecule has 3 heteroatoms. The molecule has 1 aliphatic rings. The van der Waals surface area contributed by atoms with Gasteiger partial charge >= 0.3 is 0 Å². The molecule has 1 saturated carbocycles. The minimum Gasteiger partial charge on any atom is -0.369 e. The van der Waals surface area contributed by atoms with Crippen molar-refractivity contribution in [1.29, 1.82) is 0 Å². The van der Waals surface area contributed by atoms with Gasteiger partial charge in [-0.05, 0) is 32.3 Å². The fourth-order valence-electron chi connectivity index (χ4n) is 1.91. The Morgan fingerprint density at radius 2 is 2.11 bits per heavy atom. The smallest absolute Gasteiger partial charge is 0.129 e. The molecule has 0 bridgehead atoms. The van der Waals surface area contributed by atoms with Crippen molar-refractivity contribution in [2.45, 2.75) is 51.4 Å². The number of rotatable bonds is 7. The Hall–Kier alpha value is -0.930. The summed E-state index contributed by atoms with van der Waals surface area (Å²) in [7, 11) is 0. The summed E-state index contributed by atoms with van der Waals surface area (Å²) in [6.07, 6.45) is 3.35. The molecule has 0 aromatic heterocycles. The SMILES string of the molecule is CCC(C)OC(CNC1CC1)c1ccccc1F. The van der Waals surface area contributed by atoms with E-state index in [0.29, 0.717) is 18.2 Å². The van der Waals surface area contributed by atoms with Crippen LogP contribution >= 0.6 is 0 Å². The Bertz CT molecular complexity index is 379. The number of nitrogens with one attached hydrogen (secondary N) is 1. The third-order valence-corrected chi connectivity index (χ3v) is 3.39. The lowest BCUT2D eigenvalue weighted by Gasteiger charge is -2.23. The minimum absolute atomic E-state index is 0.149. The van der Waals surface area contributed by atoms with E-state index < -0.39 is 0 Å². The minimum atomic E-state index is -0.193. The molecule has 2 unspecified atom stereocenters. The molecule has 2 atom stereocenters. The lowest BCUT2D eigenvalue weighted by molar-refractivity contribution is -0.00643. The third kappa shape index (κ3) is 3.79. The lowest BCUT2D eigenvalue weighted by atomic mass is 10.1. The first-order chi connectivity index (χ1) is 8.70. The van der Waals surface area contributed by atoms with Crippen LogP contribution in [0.15, 0.2) is 24.3 Å². The summed E-state index contributed by atoms with van der Waals surface area (Å²) < 4.78 is 19.8. The molecule has 0 aliphatic heterocycles. The second kappa shape index (κ2) is 6.30. The van der Waals surface area contributed by atoms with Crippen LogP contribution in [-0.4, -0.2) is 18.7 Å². The first-order valence-corrected chi connectivity index (χ1v) is 6.84. The number of hydrogen-bond acceptors (Lipinski definition) is 2. The number of hydrogen-bond donors (Lipinski definition) is 1. The molecule has 1 aromatic rings. The molecule has 0 saturated heterocycles. The zero-order chi connectivity index (χ0) is 13.0. The zero-order valence-corrected chi connectivity index (χ0v) is 11.2. The van der Waals surface area contributed by atoms with E-state index in [1.54, 1.807) is 6.07 Å². The standard InChI is InChI=1S/C15H22FNO/c1-3-11(2)18-15(10-17-12-8-9-12)13-6-4-5-7-14(13)16/h4-7,11-12,15,17H,3,8-10H2,1-2H3. The van der Waals surface area contributed by atoms with Gasteiger partial charge in [0.1, 0.15) is 5.82 Å². The third-order valence-electron chi connectivity index (χ3n) is 3.39. The molecule has 0 heterocycles. The first kappa shape index (κ1) is 13.5. The van der Waals surface area contributed by atoms with Gasteiger partial charge in [-0.2, -0.15) is 0 Å². The molecule has 1 fully saturated rings. The Balaban J connectivity index is 2.04. The molecule has 0 spiro atoms. The van der Waals surface area contributed by atoms with E-state index in [4.69, 9.17) is 4.74 Å². The topological polar surface area (TPSA) is 21.3 Å². The van der Waals surface area contributed by atoms with Gasteiger partial charge in [0.15, 0.2) is 0 Å². The number of ether oxygens (including phenoxy) is 1. The zero-order valence-electron chi connectivity index (χ0n) is 11.2. The maximum Gasteiger partial charge on any atom is 0.129 e. The molecule has 0 radical (unpaired) electrons. The molecule has 1 aromatic carbocycles. The summed E-state index contributed by atoms with van der Waals surface area (Å²) in [4.78, 5) is 0. The molecule has 1 aliphatic carbocycles. The van der Waals surface area contributed by atoms with Crippen LogP contribution in [0.1, 0.15) is 44.8 Å². The van der Waals surface area contributed by atoms with E-state index in [1.807, 2.05) is 19.1 Å². The summed E-state index contributed by atoms with van der Waals surface area (Å²) in [6, 6.07) is 7.51. The van der Waals surface area contributed by atoms with Gasteiger partial charge in [-0.15, -0.1) is 0 Å². The van der Waals surface area contributed by atoms with Crippen LogP contribution in [0.3, 0.4) is 0 Å². The number of benzene rings is 1. The van der Waals surface area contributed by atoms with Gasteiger partial charge in [-0.1, -0.05) is 25.1 Å². The van der Waals surface area contributed by atoms with Gasteiger partial charge in [0.2, 0.25) is 0 Å². The van der Waals surface area contributed by atoms with Crippen molar-refractivity contribution in [1.82, 2.24) is 5.32 Å². The molecular weight excluding hydrogens is 229 g/mol. The highest BCUT2D eigenvalue weighted by Crippen LogP contribution is 2.25. The Morgan fingerprint density at radius 3 is 2.72 bits per heavy atom. The average molecular weight is 251 g/mol. The lowest BCUT2D eigenvalue weighted by Crippen LogP contribution is -2.27. The van der Waals surface area contributed by atoms with Gasteiger partial charge in [0.25, 0.3) is 0 Å². The molecule has 2 nitrogen and oxygen atoms in total. The average Bonchev–Trinajstić information content (AvgIpc) is 3.19. The molecule has 1 N–H and O–H groups in total. The van der Waals surface area contributed by atoms with E-state index in [-0.39, 0.29) is 18.0 Å². The second-order valence-electron chi connectivity index (χ2n) is 5.05. The van der Waals surface area contributed by atoms with Gasteiger partial charge in [0.05, 0.1) is 12.2 Å². The van der Waals surface area contributed by atoms with Crippen molar-refractivity contribution in [3.05, 3.63) is 35.6 Å². The highest BCUT2D eigenvalue weighted by Gasteiger charge is 2.24. The Morgan fingerprint density at radius 1 is 1.39 bits per heavy atom. The van der Waals surface area contributed by atoms with Crippen LogP contribution in [0.25, 0.3) is 0 Å². The summed E-state index contributed by atoms with van der Waals surface area (Å²) in [5, 5.41) is 3.42. The van der Waals surface area contributed by atoms with Crippen molar-refractivity contribution < 1.29 is 9.13 Å². The molecule has 18 heavy (non-hydrogen) atoms. The first-order valence-electron chi connectivity index (χ1n) is 6.84. The van der Waals surface area contributed by atoms with Gasteiger partial charge in [-0.3, -0.25) is 0 Å². The van der Waals surface area contributed by atoms with Crippen molar-refractivity contribution in [2.75, 3.05) is 6.54 Å². The maximum atomic E-state index is 13.8. The molecular formula is C15H22FNO. The van der Waals surface area contributed by atoms with Crippen molar-refractivity contribution in [2.24, 2.45) is 0 Å². The Kier molecular flexibility index (Phi) is 4.72. The van der Waals surface area contributed by atoms with Crippen LogP contribution in [-0.2, 0) is 4.74 Å². The number of halogens is 1. The van der Waals surface area contributed by atoms with Crippen LogP contribution in [0.2, 0.25) is 0 Å². The fraction of sp³-hybridized carbons (Fsp3) is 0.600. The highest BCUT2D eigenvalue weighted by molar-refractivity contribution is 5.20. The summed E-state index contributed by atoms with van der Waals surface area (Å²) in [6.45, 7) is 4.80. The van der Waals surface area contributed by atoms with E-state index in [2.05, 4.69) is 12.2 Å². The monoisotopic (exact) mass is 251 g/mol. The van der Waals surface area contributed by atoms with Crippen LogP contribution < -0.4 is 5.32 Å². The van der Waals surface area contributed by atoms with Crippen LogP contribution in [0.4, 0.5) is 4.39 Å². The quantitative estimate of drug-likeness (QED) is 0.801. The summed E-state index contributed by atoms with van der Waals surface area (Å²) in [5.41, 5.74) is 0.658. The highest BCUT2D eigenvalue weighted by atomic mass is 19.1. The van der Waals surface area contributed by atoms with Gasteiger partial charge in [0, 0.05) is 18.2 Å². The maximum absolute atomic E-state index is 13.8. The van der Waals surface area contributed by atoms with Crippen LogP contribution in [0.5, 0.6) is 0 Å². The Labute approximate surface area is 109 Å². The van der Waals surface area contributed by atoms with E-state index in [9.17, 15) is 4.39 Å². The van der Waals surface area contributed by atoms with Crippen LogP contribution in [0, 0.1) is 5.82 Å². The molecule has 100 valence electrons. The van der Waals surface area contributed by atoms with Crippen molar-refractivity contribution in [3.8, 4) is 0 Å². The molecule has 2 rings (SSSR count). The second-order valence-corrected chi connectivity index (χ2v) is 5.05. The normalized spacial score (nSPS) is 18.6. The predicted octanol–water partition coefficient (Wildman–Crippen LogP) is 3.43. The van der Waals surface area contributed by atoms with E-state index in [0.717, 1.165) is 6.42 Å². The van der Waals surface area contributed by atoms with Crippen molar-refractivity contribution in [3.63, 3.8) is 0 Å². The largest absolute Gasteiger partial charge is 0.369 e. The fourth-order valence-corrected chi connectivity index (χ4v) is 1.91. The van der Waals surface area contributed by atoms with Gasteiger partial charge < -0.3 is 10.1 Å². The van der Waals surface area contributed by atoms with E-state index >= 15 is 0 Å². The predicted molar refractivity (Wildman–Crippen MR) is 71.0 cm³/mol. The molecule has 0 amide bonds. The summed E-state index contributed by atoms with van der Waals surface area (Å²) >= 11 is 0. The van der Waals surface area contributed by atoms with Crippen molar-refractivity contribution >= 4 is 0 Å².